The minimum atomic E-state index is -3.12. The first kappa shape index (κ1) is 105. The first-order valence-electron chi connectivity index (χ1n) is 52.0. The van der Waals surface area contributed by atoms with Crippen LogP contribution < -0.4 is 22.1 Å². The molecule has 10 N–H and O–H groups in total. The number of ketones is 1. The largest absolute Gasteiger partial charge is 0.461 e. The average Bonchev–Trinajstić information content (AvgIpc) is 1.59. The highest BCUT2D eigenvalue weighted by molar-refractivity contribution is 6.00. The van der Waals surface area contributed by atoms with Crippen molar-refractivity contribution >= 4 is 127 Å². The van der Waals surface area contributed by atoms with Gasteiger partial charge >= 0.3 is 42.2 Å². The number of amides is 9. The molecule has 0 spiro atoms. The Hall–Kier alpha value is -13.0. The summed E-state index contributed by atoms with van der Waals surface area (Å²) >= 11 is 0. The number of hydrogen-bond acceptors (Lipinski definition) is 24. The van der Waals surface area contributed by atoms with Crippen molar-refractivity contribution in [3.05, 3.63) is 118 Å². The van der Waals surface area contributed by atoms with Crippen molar-refractivity contribution in [3.8, 4) is 22.8 Å². The van der Waals surface area contributed by atoms with Crippen LogP contribution in [0.1, 0.15) is 227 Å². The Morgan fingerprint density at radius 1 is 0.434 bits per heavy atom. The van der Waals surface area contributed by atoms with Gasteiger partial charge in [0.05, 0.1) is 73.1 Å². The number of nitrogens with one attached hydrogen (secondary N) is 6. The lowest BCUT2D eigenvalue weighted by Gasteiger charge is -2.31. The molecule has 4 fully saturated rings. The Bertz CT molecular complexity index is 6020. The molecule has 40 heteroatoms. The molecule has 792 valence electrons. The van der Waals surface area contributed by atoms with E-state index in [9.17, 15) is 75.9 Å². The summed E-state index contributed by atoms with van der Waals surface area (Å²) in [5.74, 6) is -8.96. The maximum Gasteiger partial charge on any atom is 0.416 e. The number of benzene rings is 4. The highest BCUT2D eigenvalue weighted by atomic mass is 19.1. The van der Waals surface area contributed by atoms with Gasteiger partial charge in [0.25, 0.3) is 0 Å². The Labute approximate surface area is 850 Å². The highest BCUT2D eigenvalue weighted by Crippen LogP contribution is 2.44. The number of nitrogens with zero attached hydrogens (tertiary/aromatic N) is 7. The molecule has 145 heavy (non-hydrogen) atoms. The first-order chi connectivity index (χ1) is 70.3. The molecule has 4 aliphatic rings. The summed E-state index contributed by atoms with van der Waals surface area (Å²) in [6.07, 6.45) is -3.84. The van der Waals surface area contributed by atoms with Crippen LogP contribution >= 0.6 is 0 Å². The van der Waals surface area contributed by atoms with E-state index in [4.69, 9.17) is 52.8 Å². The summed E-state index contributed by atoms with van der Waals surface area (Å²) in [6.45, 7) is 24.6. The lowest BCUT2D eigenvalue weighted by Crippen LogP contribution is -2.55. The van der Waals surface area contributed by atoms with Crippen molar-refractivity contribution in [3.63, 3.8) is 0 Å². The highest BCUT2D eigenvalue weighted by Gasteiger charge is 2.47. The third-order valence-corrected chi connectivity index (χ3v) is 26.1. The number of likely N-dealkylation sites (N-methyl/N-ethyl adjacent to an activating group) is 4. The van der Waals surface area contributed by atoms with Crippen LogP contribution in [0.5, 0.6) is 0 Å². The molecular formula is C105H143F4N15O21. The van der Waals surface area contributed by atoms with E-state index in [1.54, 1.807) is 103 Å². The lowest BCUT2D eigenvalue weighted by atomic mass is 9.93. The van der Waals surface area contributed by atoms with Crippen LogP contribution in [0.4, 0.5) is 31.9 Å². The minimum absolute atomic E-state index is 0.000218. The summed E-state index contributed by atoms with van der Waals surface area (Å²) < 4.78 is 147. The number of carbonyl (C=O) groups excluding carboxylic acids is 14. The normalized spacial score (nSPS) is 20.2. The molecule has 8 aromatic rings. The molecule has 4 aromatic carbocycles. The Morgan fingerprint density at radius 2 is 0.724 bits per heavy atom. The molecular weight excluding hydrogens is 1880 g/mol. The fraction of sp³-hybridized carbons (Fsp3) is 0.562. The molecule has 1 unspecified atom stereocenters. The maximum atomic E-state index is 15.3. The van der Waals surface area contributed by atoms with Gasteiger partial charge in [-0.3, -0.25) is 57.6 Å². The van der Waals surface area contributed by atoms with Crippen LogP contribution in [-0.4, -0.2) is 293 Å². The third kappa shape index (κ3) is 28.6. The van der Waals surface area contributed by atoms with E-state index in [2.05, 4.69) is 30.6 Å². The number of ether oxygens (including phenoxy) is 7. The zero-order chi connectivity index (χ0) is 113. The number of rotatable bonds is 31. The average molecular weight is 2030 g/mol. The fourth-order valence-electron chi connectivity index (χ4n) is 18.9. The van der Waals surface area contributed by atoms with E-state index in [1.807, 2.05) is 13.8 Å². The molecule has 8 heterocycles. The van der Waals surface area contributed by atoms with Gasteiger partial charge in [0.15, 0.2) is 5.78 Å². The maximum absolute atomic E-state index is 15.3. The first-order valence-corrected chi connectivity index (χ1v) is 49.0. The van der Waals surface area contributed by atoms with Crippen LogP contribution in [0.2, 0.25) is 0 Å². The number of nitrogens with two attached hydrogens (primary N) is 2. The Morgan fingerprint density at radius 3 is 0.993 bits per heavy atom. The van der Waals surface area contributed by atoms with Gasteiger partial charge in [-0.1, -0.05) is 27.7 Å². The number of imide groups is 1. The predicted octanol–water partition coefficient (Wildman–Crippen LogP) is 13.3. The van der Waals surface area contributed by atoms with Crippen molar-refractivity contribution in [1.29, 1.82) is 0 Å². The summed E-state index contributed by atoms with van der Waals surface area (Å²) in [5.41, 5.74) is 15.8. The van der Waals surface area contributed by atoms with Crippen LogP contribution in [0.25, 0.3) is 66.4 Å². The van der Waals surface area contributed by atoms with Crippen LogP contribution in [0, 0.1) is 29.2 Å². The number of fused-ring (bicyclic) bond motifs is 4. The van der Waals surface area contributed by atoms with Crippen LogP contribution in [-0.2, 0) is 112 Å². The number of halogens is 4. The molecule has 4 aliphatic heterocycles. The standard InChI is InChI=1S/C57H77F2N7O12.C38H46F2N6O6.C10H20N2O3/c1-15-34(21-48(69)30(3)63(13)54(73)77-56(7,8)9)52(71)65-28-39(75-32(5)67)24-37(65)26-43-41-19-17-35(58)22-46(41)60-49(43)50-44(42-20-18-36(59)23-47(42)61-50)27-38-25-40(76-33(6)68)29-66(38)53(72)45(16-2)62-51(70)31(4)64(14)55(74)78-57(10,11)12;1-5-31(41)37(49)45-17-25(51-19(3)47)13-23(45)15-29-27-9-7-21(39)11-33(27)43-35(29)36-30(28-10-8-22(40)12-34(28)44-36)16-24-14-26(52-20(4)48)18-46(24)38(50)32(42)6-2;1-7(11-5)8(13)12(6)9(14)15-10(2,3)4/h17-20,22-23,30-31,34,37-40,45,60-61H,15-16,21,24-29H2,1-14H3,(H,62,70);7-12,23-26,31-32,43-44H,5-6,13-18,41-42H2,1-4H3;7,11H,1-6H3/t30-,31-,34+,37-,38-,39-,40-,45-;23-,24-,25-,26-,31-,32-;/m00./s1/i13D3,14D3;;. The molecule has 0 aliphatic carbocycles. The fourth-order valence-corrected chi connectivity index (χ4v) is 18.9. The quantitative estimate of drug-likeness (QED) is 0.0114. The summed E-state index contributed by atoms with van der Waals surface area (Å²) in [4.78, 5) is 205. The van der Waals surface area contributed by atoms with Crippen molar-refractivity contribution in [1.82, 2.24) is 64.9 Å². The van der Waals surface area contributed by atoms with E-state index in [1.165, 1.54) is 128 Å². The van der Waals surface area contributed by atoms with E-state index in [-0.39, 0.29) is 82.4 Å². The number of likely N-dealkylation sites (tertiary alicyclic amines) is 4. The van der Waals surface area contributed by atoms with Crippen molar-refractivity contribution in [2.45, 2.75) is 324 Å². The summed E-state index contributed by atoms with van der Waals surface area (Å²) in [7, 11) is 3.07. The summed E-state index contributed by atoms with van der Waals surface area (Å²) in [6, 6.07) is 8.29. The molecule has 0 saturated carbocycles. The number of esters is 4. The van der Waals surface area contributed by atoms with Gasteiger partial charge < -0.3 is 99.7 Å². The lowest BCUT2D eigenvalue weighted by molar-refractivity contribution is -0.147. The van der Waals surface area contributed by atoms with Crippen molar-refractivity contribution in [2.75, 3.05) is 54.2 Å². The van der Waals surface area contributed by atoms with Gasteiger partial charge in [-0.15, -0.1) is 0 Å². The number of aromatic amines is 4. The number of H-pyrrole nitrogens is 4. The monoisotopic (exact) mass is 2030 g/mol. The van der Waals surface area contributed by atoms with Gasteiger partial charge in [0.1, 0.15) is 76.6 Å². The van der Waals surface area contributed by atoms with E-state index in [0.29, 0.717) is 115 Å². The van der Waals surface area contributed by atoms with Crippen molar-refractivity contribution in [2.24, 2.45) is 17.4 Å². The molecule has 4 aromatic heterocycles. The number of carbonyl (C=O) groups is 14. The second kappa shape index (κ2) is 47.9. The smallest absolute Gasteiger partial charge is 0.416 e. The Kier molecular flexibility index (Phi) is 34.6. The third-order valence-electron chi connectivity index (χ3n) is 26.1. The predicted molar refractivity (Wildman–Crippen MR) is 535 cm³/mol. The molecule has 15 atom stereocenters. The zero-order valence-electron chi connectivity index (χ0n) is 92.5. The van der Waals surface area contributed by atoms with Crippen LogP contribution in [0.3, 0.4) is 0 Å². The molecule has 4 saturated heterocycles. The van der Waals surface area contributed by atoms with E-state index < -0.39 is 217 Å². The second-order valence-corrected chi connectivity index (χ2v) is 40.7. The SMILES string of the molecule is CC[C@H](N)C(=O)N1C[C@@H](OC(C)=O)C[C@H]1Cc1c(-c2[nH]c3cc(F)ccc3c2C[C@@H]2C[C@H](OC(C)=O)CN2C(=O)[C@@H](N)CC)[nH]c2cc(F)ccc12.CNC(C)C(=O)N(C)C(=O)OC(C)(C)C.[2H]C([2H])([2H])N(C(=O)OC(C)(C)C)[C@@H](C)C(=O)C[C@@H](CC)C(=O)N1C[C@@H](OC(C)=O)C[C@H]1Cc1c(-c2[nH]c3cc(F)ccc3c2C[C@@H]2C[C@H](OC(C)=O)CN2C(=O)[C@H](CC)NC(=O)[C@H](C)N(C(=O)OC(C)(C)C)C([2H])([2H])[2H])[nH]c2cc(F)ccc12. The van der Waals surface area contributed by atoms with Crippen molar-refractivity contribution < 1.29 is 126 Å². The van der Waals surface area contributed by atoms with Gasteiger partial charge in [-0.25, -0.2) is 36.8 Å². The molecule has 9 amide bonds. The summed E-state index contributed by atoms with van der Waals surface area (Å²) in [5, 5.41) is 7.84. The van der Waals surface area contributed by atoms with Crippen LogP contribution in [0.15, 0.2) is 72.8 Å². The molecule has 12 rings (SSSR count). The van der Waals surface area contributed by atoms with E-state index >= 15 is 8.78 Å². The number of aromatic nitrogens is 4. The van der Waals surface area contributed by atoms with Gasteiger partial charge in [0.2, 0.25) is 35.4 Å². The second-order valence-electron chi connectivity index (χ2n) is 40.7. The zero-order valence-corrected chi connectivity index (χ0v) is 86.5. The molecule has 0 radical (unpaired) electrons. The number of hydrogen-bond donors (Lipinski definition) is 8. The van der Waals surface area contributed by atoms with E-state index in [0.717, 1.165) is 26.8 Å². The van der Waals surface area contributed by atoms with Gasteiger partial charge in [-0.2, -0.15) is 0 Å². The topological polar surface area (TPSA) is 466 Å². The number of Topliss-reactive ketones (excluding diaryl/α,β-unsaturated/α-hetero) is 1. The van der Waals surface area contributed by atoms with Gasteiger partial charge in [0, 0.05) is 163 Å². The van der Waals surface area contributed by atoms with Gasteiger partial charge in [-0.05, 0) is 237 Å². The Balaban J connectivity index is 0.000000292. The molecule has 36 nitrogen and oxygen atoms in total. The molecule has 0 bridgehead atoms. The minimum Gasteiger partial charge on any atom is -0.461 e.